The van der Waals surface area contributed by atoms with Crippen LogP contribution in [0, 0.1) is 6.57 Å². The first-order valence-corrected chi connectivity index (χ1v) is 22.1. The molecule has 10 aromatic carbocycles. The fraction of sp³-hybridized carbons (Fsp3) is 0. The van der Waals surface area contributed by atoms with Crippen LogP contribution in [0.15, 0.2) is 231 Å². The molecule has 0 spiro atoms. The van der Waals surface area contributed by atoms with Crippen LogP contribution in [0.25, 0.3) is 128 Å². The molecule has 0 saturated carbocycles. The summed E-state index contributed by atoms with van der Waals surface area (Å²) < 4.78 is 0. The van der Waals surface area contributed by atoms with Gasteiger partial charge in [-0.15, -0.1) is 0 Å². The van der Waals surface area contributed by atoms with E-state index in [1.165, 1.54) is 38.6 Å². The quantitative estimate of drug-likeness (QED) is 0.143. The van der Waals surface area contributed by atoms with E-state index in [1.54, 1.807) is 0 Å². The van der Waals surface area contributed by atoms with Gasteiger partial charge >= 0.3 is 0 Å². The number of benzene rings is 10. The van der Waals surface area contributed by atoms with E-state index < -0.39 is 0 Å². The number of aromatic nitrogens is 3. The highest BCUT2D eigenvalue weighted by molar-refractivity contribution is 6.18. The Hall–Kier alpha value is -9.04. The summed E-state index contributed by atoms with van der Waals surface area (Å²) in [5.41, 5.74) is 19.2. The van der Waals surface area contributed by atoms with Gasteiger partial charge in [-0.25, -0.2) is 19.8 Å². The van der Waals surface area contributed by atoms with Crippen LogP contribution in [0.1, 0.15) is 0 Å². The molecule has 306 valence electrons. The zero-order valence-electron chi connectivity index (χ0n) is 35.7. The third-order valence-electron chi connectivity index (χ3n) is 12.7. The van der Waals surface area contributed by atoms with Crippen molar-refractivity contribution in [3.8, 4) is 112 Å². The zero-order chi connectivity index (χ0) is 44.0. The lowest BCUT2D eigenvalue weighted by Crippen LogP contribution is -2.01. The second-order valence-electron chi connectivity index (χ2n) is 16.6. The standard InChI is InChI=1S/C62H38N4/c1-63-51-38-49(42-28-32-43(33-29-42)53-24-13-26-55-54-25-11-18-44-19-12-27-57(58(44)54)59(53)55)37-50(39-51)47-20-10-21-48(36-47)52-22-8-9-23-56(52)62-65-60(45-16-6-3-7-17-45)64-61(66-62)46-34-30-41(31-35-46)40-14-4-2-5-15-40/h2-39H. The van der Waals surface area contributed by atoms with Gasteiger partial charge in [0.05, 0.1) is 6.57 Å². The van der Waals surface area contributed by atoms with Crippen molar-refractivity contribution in [2.24, 2.45) is 0 Å². The van der Waals surface area contributed by atoms with Gasteiger partial charge in [0.25, 0.3) is 0 Å². The molecule has 0 N–H and O–H groups in total. The molecule has 1 aromatic heterocycles. The van der Waals surface area contributed by atoms with Gasteiger partial charge in [0, 0.05) is 16.7 Å². The van der Waals surface area contributed by atoms with Crippen molar-refractivity contribution in [1.29, 1.82) is 0 Å². The third kappa shape index (κ3) is 6.93. The average molecular weight is 839 g/mol. The molecule has 0 aliphatic heterocycles. The van der Waals surface area contributed by atoms with Crippen LogP contribution in [-0.2, 0) is 0 Å². The van der Waals surface area contributed by atoms with E-state index >= 15 is 0 Å². The Kier molecular flexibility index (Phi) is 9.51. The molecule has 0 amide bonds. The van der Waals surface area contributed by atoms with Crippen molar-refractivity contribution in [3.05, 3.63) is 242 Å². The van der Waals surface area contributed by atoms with Gasteiger partial charge in [-0.3, -0.25) is 0 Å². The van der Waals surface area contributed by atoms with E-state index in [9.17, 15) is 0 Å². The van der Waals surface area contributed by atoms with Crippen LogP contribution in [0.2, 0.25) is 0 Å². The second kappa shape index (κ2) is 16.3. The normalized spacial score (nSPS) is 11.3. The Balaban J connectivity index is 0.895. The van der Waals surface area contributed by atoms with Gasteiger partial charge in [-0.1, -0.05) is 206 Å². The first-order chi connectivity index (χ1) is 32.6. The lowest BCUT2D eigenvalue weighted by atomic mass is 9.91. The predicted molar refractivity (Wildman–Crippen MR) is 272 cm³/mol. The maximum atomic E-state index is 8.10. The summed E-state index contributed by atoms with van der Waals surface area (Å²) in [4.78, 5) is 19.2. The minimum absolute atomic E-state index is 0.590. The monoisotopic (exact) mass is 838 g/mol. The fourth-order valence-electron chi connectivity index (χ4n) is 9.51. The van der Waals surface area contributed by atoms with Crippen molar-refractivity contribution in [2.45, 2.75) is 0 Å². The van der Waals surface area contributed by atoms with Crippen LogP contribution in [0.3, 0.4) is 0 Å². The summed E-state index contributed by atoms with van der Waals surface area (Å²) in [7, 11) is 0. The number of nitrogens with zero attached hydrogens (tertiary/aromatic N) is 4. The third-order valence-corrected chi connectivity index (χ3v) is 12.7. The Morgan fingerprint density at radius 1 is 0.273 bits per heavy atom. The molecule has 0 saturated heterocycles. The first kappa shape index (κ1) is 38.6. The largest absolute Gasteiger partial charge is 0.238 e. The summed E-state index contributed by atoms with van der Waals surface area (Å²) in [6.45, 7) is 8.10. The van der Waals surface area contributed by atoms with Crippen LogP contribution < -0.4 is 0 Å². The maximum Gasteiger partial charge on any atom is 0.188 e. The molecule has 0 atom stereocenters. The van der Waals surface area contributed by atoms with Gasteiger partial charge in [0.15, 0.2) is 23.2 Å². The number of hydrogen-bond donors (Lipinski definition) is 0. The van der Waals surface area contributed by atoms with Crippen molar-refractivity contribution in [1.82, 2.24) is 15.0 Å². The van der Waals surface area contributed by atoms with E-state index in [4.69, 9.17) is 21.5 Å². The smallest absolute Gasteiger partial charge is 0.188 e. The molecule has 12 rings (SSSR count). The lowest BCUT2D eigenvalue weighted by Gasteiger charge is -2.14. The molecular weight excluding hydrogens is 801 g/mol. The molecular formula is C62H38N4. The molecule has 1 aliphatic rings. The summed E-state index contributed by atoms with van der Waals surface area (Å²) >= 11 is 0. The molecule has 1 heterocycles. The first-order valence-electron chi connectivity index (χ1n) is 22.1. The van der Waals surface area contributed by atoms with Crippen molar-refractivity contribution >= 4 is 16.5 Å². The van der Waals surface area contributed by atoms with Gasteiger partial charge in [0.2, 0.25) is 0 Å². The molecule has 4 heteroatoms. The van der Waals surface area contributed by atoms with Gasteiger partial charge < -0.3 is 0 Å². The van der Waals surface area contributed by atoms with Gasteiger partial charge in [0.1, 0.15) is 0 Å². The Morgan fingerprint density at radius 2 is 0.712 bits per heavy atom. The fourth-order valence-corrected chi connectivity index (χ4v) is 9.51. The van der Waals surface area contributed by atoms with Crippen LogP contribution >= 0.6 is 0 Å². The molecule has 0 fully saturated rings. The SMILES string of the molecule is [C-]#[N+]c1cc(-c2ccc(-c3cccc4c3-c3cccc5cccc-4c35)cc2)cc(-c2cccc(-c3ccccc3-c3nc(-c4ccccc4)nc(-c4ccc(-c5ccccc5)cc4)n3)c2)c1. The molecule has 0 unspecified atom stereocenters. The lowest BCUT2D eigenvalue weighted by molar-refractivity contribution is 1.07. The minimum Gasteiger partial charge on any atom is -0.238 e. The van der Waals surface area contributed by atoms with Crippen LogP contribution in [0.4, 0.5) is 5.69 Å². The molecule has 0 radical (unpaired) electrons. The summed E-state index contributed by atoms with van der Waals surface area (Å²) in [6.07, 6.45) is 0. The summed E-state index contributed by atoms with van der Waals surface area (Å²) in [5, 5.41) is 2.59. The zero-order valence-corrected chi connectivity index (χ0v) is 35.7. The Bertz CT molecular complexity index is 3680. The van der Waals surface area contributed by atoms with Crippen LogP contribution in [0.5, 0.6) is 0 Å². The highest BCUT2D eigenvalue weighted by Gasteiger charge is 2.24. The van der Waals surface area contributed by atoms with E-state index in [0.29, 0.717) is 23.2 Å². The number of rotatable bonds is 8. The maximum absolute atomic E-state index is 8.10. The minimum atomic E-state index is 0.590. The van der Waals surface area contributed by atoms with E-state index in [2.05, 4.69) is 181 Å². The summed E-state index contributed by atoms with van der Waals surface area (Å²) in [5.74, 6) is 1.81. The number of fused-ring (bicyclic) bond motifs is 3. The molecule has 0 bridgehead atoms. The van der Waals surface area contributed by atoms with E-state index in [0.717, 1.165) is 66.8 Å². The van der Waals surface area contributed by atoms with E-state index in [1.807, 2.05) is 54.6 Å². The van der Waals surface area contributed by atoms with E-state index in [-0.39, 0.29) is 0 Å². The molecule has 1 aliphatic carbocycles. The second-order valence-corrected chi connectivity index (χ2v) is 16.6. The number of hydrogen-bond acceptors (Lipinski definition) is 3. The van der Waals surface area contributed by atoms with Crippen LogP contribution in [-0.4, -0.2) is 15.0 Å². The molecule has 11 aromatic rings. The van der Waals surface area contributed by atoms with Gasteiger partial charge in [-0.05, 0) is 113 Å². The average Bonchev–Trinajstić information content (AvgIpc) is 3.74. The molecule has 4 nitrogen and oxygen atoms in total. The topological polar surface area (TPSA) is 43.0 Å². The molecule has 66 heavy (non-hydrogen) atoms. The Labute approximate surface area is 383 Å². The van der Waals surface area contributed by atoms with Crippen molar-refractivity contribution in [2.75, 3.05) is 0 Å². The highest BCUT2D eigenvalue weighted by atomic mass is 15.0. The Morgan fingerprint density at radius 3 is 1.42 bits per heavy atom. The highest BCUT2D eigenvalue weighted by Crippen LogP contribution is 2.51. The van der Waals surface area contributed by atoms with Gasteiger partial charge in [-0.2, -0.15) is 0 Å². The predicted octanol–water partition coefficient (Wildman–Crippen LogP) is 16.6. The summed E-state index contributed by atoms with van der Waals surface area (Å²) in [6, 6.07) is 80.5. The van der Waals surface area contributed by atoms with Crippen molar-refractivity contribution in [3.63, 3.8) is 0 Å². The van der Waals surface area contributed by atoms with Crippen molar-refractivity contribution < 1.29 is 0 Å².